The Balaban J connectivity index is 1.89. The molecule has 2 aliphatic heterocycles. The van der Waals surface area contributed by atoms with Crippen LogP contribution in [0.15, 0.2) is 42.6 Å². The van der Waals surface area contributed by atoms with E-state index in [1.807, 2.05) is 12.1 Å². The van der Waals surface area contributed by atoms with E-state index < -0.39 is 10.3 Å². The number of benzene rings is 2. The number of nitrogens with one attached hydrogen (secondary N) is 3. The lowest BCUT2D eigenvalue weighted by molar-refractivity contribution is -0.384. The number of carbonyl (C=O) groups is 2. The highest BCUT2D eigenvalue weighted by molar-refractivity contribution is 6.17. The Bertz CT molecular complexity index is 1150. The third kappa shape index (κ3) is 1.67. The van der Waals surface area contributed by atoms with Crippen molar-refractivity contribution in [2.45, 2.75) is 11.8 Å². The first-order chi connectivity index (χ1) is 12.5. The highest BCUT2D eigenvalue weighted by atomic mass is 16.6. The smallest absolute Gasteiger partial charge is 0.269 e. The Labute approximate surface area is 146 Å². The van der Waals surface area contributed by atoms with Gasteiger partial charge in [-0.05, 0) is 18.2 Å². The number of fused-ring (bicyclic) bond motifs is 3. The molecule has 8 nitrogen and oxygen atoms in total. The Hall–Kier alpha value is -3.68. The number of non-ortho nitro benzene ring substituents is 1. The number of aromatic amines is 1. The zero-order valence-electron chi connectivity index (χ0n) is 13.3. The number of hydrogen-bond donors (Lipinski definition) is 3. The van der Waals surface area contributed by atoms with Crippen molar-refractivity contribution >= 4 is 39.8 Å². The Kier molecular flexibility index (Phi) is 2.64. The van der Waals surface area contributed by atoms with Crippen molar-refractivity contribution in [3.63, 3.8) is 0 Å². The minimum Gasteiger partial charge on any atom is -0.361 e. The summed E-state index contributed by atoms with van der Waals surface area (Å²) in [6.45, 7) is 0. The first kappa shape index (κ1) is 14.6. The number of rotatable bonds is 1. The summed E-state index contributed by atoms with van der Waals surface area (Å²) in [5, 5.41) is 17.6. The van der Waals surface area contributed by atoms with Gasteiger partial charge >= 0.3 is 0 Å². The molecule has 2 aliphatic rings. The van der Waals surface area contributed by atoms with Crippen LogP contribution in [0.5, 0.6) is 0 Å². The molecule has 26 heavy (non-hydrogen) atoms. The van der Waals surface area contributed by atoms with Gasteiger partial charge in [0.05, 0.1) is 10.6 Å². The van der Waals surface area contributed by atoms with Gasteiger partial charge < -0.3 is 15.6 Å². The standard InChI is InChI=1S/C18H12N4O4/c23-15-7-18(11-8-19-13-2-1-3-14(20-15)16(11)13)10-6-9(22(25)26)4-5-12(10)21-17(18)24/h1-6,8,19H,7H2,(H,20,23)(H,21,24). The molecule has 3 N–H and O–H groups in total. The van der Waals surface area contributed by atoms with Crippen molar-refractivity contribution in [1.29, 1.82) is 0 Å². The van der Waals surface area contributed by atoms with E-state index in [2.05, 4.69) is 15.6 Å². The highest BCUT2D eigenvalue weighted by Gasteiger charge is 2.52. The van der Waals surface area contributed by atoms with Gasteiger partial charge in [-0.1, -0.05) is 6.07 Å². The van der Waals surface area contributed by atoms with E-state index in [-0.39, 0.29) is 23.9 Å². The summed E-state index contributed by atoms with van der Waals surface area (Å²) in [6.07, 6.45) is 1.58. The topological polar surface area (TPSA) is 117 Å². The first-order valence-corrected chi connectivity index (χ1v) is 8.01. The second-order valence-electron chi connectivity index (χ2n) is 6.50. The van der Waals surface area contributed by atoms with Crippen molar-refractivity contribution in [3.05, 3.63) is 63.8 Å². The Morgan fingerprint density at radius 1 is 1.04 bits per heavy atom. The van der Waals surface area contributed by atoms with E-state index >= 15 is 0 Å². The Morgan fingerprint density at radius 2 is 1.88 bits per heavy atom. The SMILES string of the molecule is O=C1CC2(C(=O)Nc3ccc([N+](=O)[O-])cc32)c2c[nH]c3cccc(c23)N1. The average Bonchev–Trinajstić information content (AvgIpc) is 3.11. The summed E-state index contributed by atoms with van der Waals surface area (Å²) >= 11 is 0. The van der Waals surface area contributed by atoms with Crippen LogP contribution in [-0.2, 0) is 15.0 Å². The van der Waals surface area contributed by atoms with E-state index in [9.17, 15) is 19.7 Å². The molecule has 1 aromatic heterocycles. The third-order valence-electron chi connectivity index (χ3n) is 5.17. The van der Waals surface area contributed by atoms with E-state index in [0.29, 0.717) is 22.5 Å². The van der Waals surface area contributed by atoms with Gasteiger partial charge in [0, 0.05) is 52.5 Å². The molecule has 2 amide bonds. The largest absolute Gasteiger partial charge is 0.361 e. The van der Waals surface area contributed by atoms with Crippen LogP contribution in [0, 0.1) is 10.1 Å². The van der Waals surface area contributed by atoms with Crippen molar-refractivity contribution in [2.75, 3.05) is 10.6 Å². The molecule has 3 aromatic rings. The second-order valence-corrected chi connectivity index (χ2v) is 6.50. The van der Waals surface area contributed by atoms with Gasteiger partial charge in [-0.2, -0.15) is 0 Å². The summed E-state index contributed by atoms with van der Waals surface area (Å²) in [5.74, 6) is -0.677. The number of nitro benzene ring substituents is 1. The van der Waals surface area contributed by atoms with Crippen LogP contribution in [0.25, 0.3) is 10.9 Å². The molecule has 128 valence electrons. The monoisotopic (exact) mass is 348 g/mol. The zero-order chi connectivity index (χ0) is 18.1. The third-order valence-corrected chi connectivity index (χ3v) is 5.17. The van der Waals surface area contributed by atoms with Gasteiger partial charge in [-0.25, -0.2) is 0 Å². The van der Waals surface area contributed by atoms with Crippen LogP contribution in [0.3, 0.4) is 0 Å². The number of carbonyl (C=O) groups excluding carboxylic acids is 2. The van der Waals surface area contributed by atoms with Gasteiger partial charge in [0.2, 0.25) is 11.8 Å². The number of H-pyrrole nitrogens is 1. The molecular formula is C18H12N4O4. The number of anilines is 2. The Morgan fingerprint density at radius 3 is 2.69 bits per heavy atom. The maximum atomic E-state index is 13.1. The molecule has 0 saturated carbocycles. The molecular weight excluding hydrogens is 336 g/mol. The fourth-order valence-electron chi connectivity index (χ4n) is 4.06. The van der Waals surface area contributed by atoms with E-state index in [1.54, 1.807) is 12.3 Å². The fourth-order valence-corrected chi connectivity index (χ4v) is 4.06. The van der Waals surface area contributed by atoms with Crippen LogP contribution in [-0.4, -0.2) is 21.7 Å². The quantitative estimate of drug-likeness (QED) is 0.463. The molecule has 0 aliphatic carbocycles. The van der Waals surface area contributed by atoms with Crippen LogP contribution < -0.4 is 10.6 Å². The molecule has 0 saturated heterocycles. The molecule has 3 heterocycles. The lowest BCUT2D eigenvalue weighted by Gasteiger charge is -2.24. The summed E-state index contributed by atoms with van der Waals surface area (Å²) in [5.41, 5.74) is 1.54. The molecule has 1 atom stereocenters. The minimum atomic E-state index is -1.31. The van der Waals surface area contributed by atoms with Crippen molar-refractivity contribution < 1.29 is 14.5 Å². The summed E-state index contributed by atoms with van der Waals surface area (Å²) < 4.78 is 0. The van der Waals surface area contributed by atoms with Gasteiger partial charge in [-0.15, -0.1) is 0 Å². The molecule has 0 fully saturated rings. The molecule has 8 heteroatoms. The molecule has 5 rings (SSSR count). The number of aromatic nitrogens is 1. The first-order valence-electron chi connectivity index (χ1n) is 8.01. The van der Waals surface area contributed by atoms with Gasteiger partial charge in [0.25, 0.3) is 5.69 Å². The lowest BCUT2D eigenvalue weighted by Crippen LogP contribution is -2.38. The van der Waals surface area contributed by atoms with Crippen LogP contribution in [0.1, 0.15) is 17.5 Å². The zero-order valence-corrected chi connectivity index (χ0v) is 13.3. The van der Waals surface area contributed by atoms with E-state index in [0.717, 1.165) is 10.9 Å². The number of hydrogen-bond acceptors (Lipinski definition) is 4. The average molecular weight is 348 g/mol. The van der Waals surface area contributed by atoms with Crippen LogP contribution >= 0.6 is 0 Å². The normalized spacial score (nSPS) is 20.6. The maximum absolute atomic E-state index is 13.1. The molecule has 2 aromatic carbocycles. The van der Waals surface area contributed by atoms with Crippen LogP contribution in [0.2, 0.25) is 0 Å². The molecule has 0 bridgehead atoms. The van der Waals surface area contributed by atoms with E-state index in [4.69, 9.17) is 0 Å². The summed E-state index contributed by atoms with van der Waals surface area (Å²) in [7, 11) is 0. The summed E-state index contributed by atoms with van der Waals surface area (Å²) in [4.78, 5) is 39.5. The van der Waals surface area contributed by atoms with Gasteiger partial charge in [0.1, 0.15) is 5.41 Å². The van der Waals surface area contributed by atoms with Crippen LogP contribution in [0.4, 0.5) is 17.1 Å². The summed E-state index contributed by atoms with van der Waals surface area (Å²) in [6, 6.07) is 9.68. The number of nitro groups is 1. The lowest BCUT2D eigenvalue weighted by atomic mass is 9.73. The number of nitrogens with zero attached hydrogens (tertiary/aromatic N) is 1. The highest BCUT2D eigenvalue weighted by Crippen LogP contribution is 2.50. The number of amides is 2. The van der Waals surface area contributed by atoms with Gasteiger partial charge in [-0.3, -0.25) is 19.7 Å². The molecule has 1 unspecified atom stereocenters. The van der Waals surface area contributed by atoms with Crippen molar-refractivity contribution in [3.8, 4) is 0 Å². The van der Waals surface area contributed by atoms with Crippen molar-refractivity contribution in [2.24, 2.45) is 0 Å². The van der Waals surface area contributed by atoms with Gasteiger partial charge in [0.15, 0.2) is 0 Å². The predicted octanol–water partition coefficient (Wildman–Crippen LogP) is 2.66. The minimum absolute atomic E-state index is 0.121. The van der Waals surface area contributed by atoms with E-state index in [1.165, 1.54) is 18.2 Å². The fraction of sp³-hybridized carbons (Fsp3) is 0.111. The predicted molar refractivity (Wildman–Crippen MR) is 94.1 cm³/mol. The molecule has 0 radical (unpaired) electrons. The second kappa shape index (κ2) is 4.69. The van der Waals surface area contributed by atoms with Crippen molar-refractivity contribution in [1.82, 2.24) is 4.98 Å². The molecule has 1 spiro atoms. The maximum Gasteiger partial charge on any atom is 0.269 e.